The van der Waals surface area contributed by atoms with Crippen LogP contribution in [0.4, 0.5) is 0 Å². The van der Waals surface area contributed by atoms with Crippen molar-refractivity contribution in [3.63, 3.8) is 0 Å². The van der Waals surface area contributed by atoms with E-state index in [1.54, 1.807) is 6.08 Å². The average Bonchev–Trinajstić information content (AvgIpc) is 2.75. The minimum Gasteiger partial charge on any atom is -0.449 e. The second kappa shape index (κ2) is 6.75. The molecule has 1 aromatic rings. The van der Waals surface area contributed by atoms with Crippen LogP contribution in [-0.4, -0.2) is 5.97 Å². The highest BCUT2D eigenvalue weighted by Gasteiger charge is 2.32. The van der Waals surface area contributed by atoms with E-state index in [1.807, 2.05) is 44.2 Å². The fraction of sp³-hybridized carbons (Fsp3) is 0.222. The van der Waals surface area contributed by atoms with E-state index in [4.69, 9.17) is 4.74 Å². The SMILES string of the molecule is C=CCC1=C(C=C=C(C)C)C(c2ccc(Br)cc2)OC1=O. The van der Waals surface area contributed by atoms with Gasteiger partial charge in [0, 0.05) is 15.6 Å². The summed E-state index contributed by atoms with van der Waals surface area (Å²) < 4.78 is 6.53. The molecule has 1 unspecified atom stereocenters. The van der Waals surface area contributed by atoms with Crippen LogP contribution in [0.15, 0.2) is 69.9 Å². The third-order valence-electron chi connectivity index (χ3n) is 3.14. The molecule has 1 atom stereocenters. The van der Waals surface area contributed by atoms with Gasteiger partial charge >= 0.3 is 5.97 Å². The maximum Gasteiger partial charge on any atom is 0.335 e. The summed E-state index contributed by atoms with van der Waals surface area (Å²) in [7, 11) is 0. The zero-order valence-corrected chi connectivity index (χ0v) is 13.7. The summed E-state index contributed by atoms with van der Waals surface area (Å²) >= 11 is 3.41. The van der Waals surface area contributed by atoms with E-state index >= 15 is 0 Å². The Morgan fingerprint density at radius 3 is 2.62 bits per heavy atom. The Balaban J connectivity index is 2.50. The lowest BCUT2D eigenvalue weighted by Gasteiger charge is -2.12. The Kier molecular flexibility index (Phi) is 5.00. The lowest BCUT2D eigenvalue weighted by atomic mass is 9.97. The molecule has 1 aromatic carbocycles. The van der Waals surface area contributed by atoms with Crippen LogP contribution in [0.1, 0.15) is 31.9 Å². The van der Waals surface area contributed by atoms with Gasteiger partial charge in [-0.1, -0.05) is 34.1 Å². The number of hydrogen-bond donors (Lipinski definition) is 0. The number of ether oxygens (including phenoxy) is 1. The van der Waals surface area contributed by atoms with Crippen molar-refractivity contribution < 1.29 is 9.53 Å². The lowest BCUT2D eigenvalue weighted by Crippen LogP contribution is -2.02. The first-order valence-corrected chi connectivity index (χ1v) is 7.52. The molecule has 0 saturated carbocycles. The molecule has 3 heteroatoms. The van der Waals surface area contributed by atoms with Crippen LogP contribution in [0.3, 0.4) is 0 Å². The molecule has 0 aromatic heterocycles. The summed E-state index contributed by atoms with van der Waals surface area (Å²) in [6.45, 7) is 7.65. The normalized spacial score (nSPS) is 17.3. The van der Waals surface area contributed by atoms with Gasteiger partial charge in [0.05, 0.1) is 0 Å². The number of esters is 1. The molecule has 108 valence electrons. The highest BCUT2D eigenvalue weighted by molar-refractivity contribution is 9.10. The highest BCUT2D eigenvalue weighted by Crippen LogP contribution is 2.37. The molecule has 1 heterocycles. The Labute approximate surface area is 133 Å². The molecule has 0 spiro atoms. The minimum absolute atomic E-state index is 0.273. The van der Waals surface area contributed by atoms with Crippen molar-refractivity contribution in [1.82, 2.24) is 0 Å². The predicted molar refractivity (Wildman–Crippen MR) is 87.8 cm³/mol. The van der Waals surface area contributed by atoms with E-state index in [-0.39, 0.29) is 12.1 Å². The van der Waals surface area contributed by atoms with Crippen LogP contribution >= 0.6 is 15.9 Å². The van der Waals surface area contributed by atoms with E-state index in [0.29, 0.717) is 12.0 Å². The van der Waals surface area contributed by atoms with Gasteiger partial charge in [-0.05, 0) is 49.6 Å². The van der Waals surface area contributed by atoms with Gasteiger partial charge in [-0.15, -0.1) is 12.3 Å². The van der Waals surface area contributed by atoms with Gasteiger partial charge in [-0.25, -0.2) is 4.79 Å². The largest absolute Gasteiger partial charge is 0.449 e. The Morgan fingerprint density at radius 1 is 1.38 bits per heavy atom. The summed E-state index contributed by atoms with van der Waals surface area (Å²) in [5, 5.41) is 0. The van der Waals surface area contributed by atoms with E-state index in [9.17, 15) is 4.79 Å². The van der Waals surface area contributed by atoms with Crippen molar-refractivity contribution in [2.24, 2.45) is 0 Å². The number of hydrogen-bond acceptors (Lipinski definition) is 2. The van der Waals surface area contributed by atoms with Crippen LogP contribution < -0.4 is 0 Å². The molecule has 0 amide bonds. The number of halogens is 1. The summed E-state index contributed by atoms with van der Waals surface area (Å²) in [4.78, 5) is 12.1. The highest BCUT2D eigenvalue weighted by atomic mass is 79.9. The molecule has 2 rings (SSSR count). The Hall–Kier alpha value is -1.83. The topological polar surface area (TPSA) is 26.3 Å². The molecular weight excluding hydrogens is 328 g/mol. The van der Waals surface area contributed by atoms with E-state index in [1.165, 1.54) is 0 Å². The fourth-order valence-electron chi connectivity index (χ4n) is 2.13. The predicted octanol–water partition coefficient (Wildman–Crippen LogP) is 5.04. The van der Waals surface area contributed by atoms with Gasteiger partial charge in [-0.3, -0.25) is 0 Å². The minimum atomic E-state index is -0.368. The molecule has 0 saturated heterocycles. The number of cyclic esters (lactones) is 1. The molecular formula is C18H17BrO2. The Bertz CT molecular complexity index is 655. The molecule has 0 aliphatic carbocycles. The van der Waals surface area contributed by atoms with E-state index < -0.39 is 0 Å². The van der Waals surface area contributed by atoms with Gasteiger partial charge in [0.15, 0.2) is 6.10 Å². The van der Waals surface area contributed by atoms with Crippen LogP contribution in [0.25, 0.3) is 0 Å². The number of carbonyl (C=O) groups excluding carboxylic acids is 1. The van der Waals surface area contributed by atoms with Gasteiger partial charge in [0.25, 0.3) is 0 Å². The number of allylic oxidation sites excluding steroid dienone is 1. The second-order valence-electron chi connectivity index (χ2n) is 5.05. The first-order chi connectivity index (χ1) is 10.0. The first-order valence-electron chi connectivity index (χ1n) is 6.73. The third-order valence-corrected chi connectivity index (χ3v) is 3.67. The van der Waals surface area contributed by atoms with Crippen LogP contribution in [-0.2, 0) is 9.53 Å². The smallest absolute Gasteiger partial charge is 0.335 e. The van der Waals surface area contributed by atoms with E-state index in [0.717, 1.165) is 21.2 Å². The molecule has 0 radical (unpaired) electrons. The number of benzene rings is 1. The monoisotopic (exact) mass is 344 g/mol. The van der Waals surface area contributed by atoms with E-state index in [2.05, 4.69) is 28.2 Å². The molecule has 1 aliphatic heterocycles. The van der Waals surface area contributed by atoms with Crippen LogP contribution in [0.2, 0.25) is 0 Å². The van der Waals surface area contributed by atoms with Crippen molar-refractivity contribution in [1.29, 1.82) is 0 Å². The summed E-state index contributed by atoms with van der Waals surface area (Å²) in [6.07, 6.45) is 3.71. The summed E-state index contributed by atoms with van der Waals surface area (Å²) in [6, 6.07) is 7.79. The average molecular weight is 345 g/mol. The van der Waals surface area contributed by atoms with Gasteiger partial charge in [-0.2, -0.15) is 0 Å². The van der Waals surface area contributed by atoms with Gasteiger partial charge < -0.3 is 4.74 Å². The molecule has 21 heavy (non-hydrogen) atoms. The first kappa shape index (κ1) is 15.6. The van der Waals surface area contributed by atoms with Crippen molar-refractivity contribution in [2.75, 3.05) is 0 Å². The molecule has 1 aliphatic rings. The number of rotatable bonds is 4. The van der Waals surface area contributed by atoms with Crippen molar-refractivity contribution in [3.05, 3.63) is 75.5 Å². The van der Waals surface area contributed by atoms with Gasteiger partial charge in [0.2, 0.25) is 0 Å². The Morgan fingerprint density at radius 2 is 2.05 bits per heavy atom. The van der Waals surface area contributed by atoms with Gasteiger partial charge in [0.1, 0.15) is 0 Å². The zero-order valence-electron chi connectivity index (χ0n) is 12.2. The molecule has 0 N–H and O–H groups in total. The summed E-state index contributed by atoms with van der Waals surface area (Å²) in [5.74, 6) is -0.273. The maximum atomic E-state index is 12.1. The quantitative estimate of drug-likeness (QED) is 0.434. The standard InChI is InChI=1S/C18H17BrO2/c1-4-5-16-15(11-6-12(2)3)17(21-18(16)20)13-7-9-14(19)10-8-13/h4,7-11,17H,1,5H2,2-3H3. The molecule has 0 fully saturated rings. The van der Waals surface area contributed by atoms with Crippen molar-refractivity contribution >= 4 is 21.9 Å². The second-order valence-corrected chi connectivity index (χ2v) is 5.97. The summed E-state index contributed by atoms with van der Waals surface area (Å²) in [5.41, 5.74) is 6.69. The lowest BCUT2D eigenvalue weighted by molar-refractivity contribution is -0.140. The van der Waals surface area contributed by atoms with Crippen LogP contribution in [0.5, 0.6) is 0 Å². The van der Waals surface area contributed by atoms with Crippen molar-refractivity contribution in [2.45, 2.75) is 26.4 Å². The third kappa shape index (κ3) is 3.63. The fourth-order valence-corrected chi connectivity index (χ4v) is 2.40. The zero-order chi connectivity index (χ0) is 15.4. The molecule has 2 nitrogen and oxygen atoms in total. The molecule has 0 bridgehead atoms. The maximum absolute atomic E-state index is 12.1. The van der Waals surface area contributed by atoms with Crippen molar-refractivity contribution in [3.8, 4) is 0 Å². The number of carbonyl (C=O) groups is 1. The van der Waals surface area contributed by atoms with Crippen LogP contribution in [0, 0.1) is 0 Å².